The van der Waals surface area contributed by atoms with Crippen molar-refractivity contribution in [3.63, 3.8) is 0 Å². The van der Waals surface area contributed by atoms with Gasteiger partial charge in [-0.25, -0.2) is 0 Å². The van der Waals surface area contributed by atoms with Gasteiger partial charge in [0.1, 0.15) is 6.17 Å². The predicted octanol–water partition coefficient (Wildman–Crippen LogP) is 1.89. The van der Waals surface area contributed by atoms with Crippen LogP contribution >= 0.6 is 12.6 Å². The molecule has 3 N–H and O–H groups in total. The van der Waals surface area contributed by atoms with Gasteiger partial charge in [0.15, 0.2) is 0 Å². The summed E-state index contributed by atoms with van der Waals surface area (Å²) in [6.45, 7) is 6.56. The number of nitrogens with one attached hydrogen (secondary N) is 2. The molecule has 0 aromatic heterocycles. The minimum absolute atomic E-state index is 0.160. The van der Waals surface area contributed by atoms with E-state index in [0.717, 1.165) is 51.6 Å². The molecule has 0 spiro atoms. The average Bonchev–Trinajstić information content (AvgIpc) is 2.76. The Kier molecular flexibility index (Phi) is 7.78. The Bertz CT molecular complexity index is 537. The van der Waals surface area contributed by atoms with E-state index >= 15 is 0 Å². The molecular formula is C22H40N4O2S. The fraction of sp³-hybridized carbons (Fsp3) is 0.955. The van der Waals surface area contributed by atoms with E-state index < -0.39 is 0 Å². The third kappa shape index (κ3) is 5.29. The van der Waals surface area contributed by atoms with E-state index in [2.05, 4.69) is 22.5 Å². The smallest absolute Gasteiger partial charge is 0.106 e. The molecule has 0 radical (unpaired) electrons. The van der Waals surface area contributed by atoms with Gasteiger partial charge < -0.3 is 15.2 Å². The predicted molar refractivity (Wildman–Crippen MR) is 121 cm³/mol. The summed E-state index contributed by atoms with van der Waals surface area (Å²) >= 11 is 4.96. The van der Waals surface area contributed by atoms with Gasteiger partial charge in [-0.3, -0.25) is 15.2 Å². The third-order valence-electron chi connectivity index (χ3n) is 7.90. The SMILES string of the molecule is CC1NC=NC(N[C@H]2CC[C@H](N3CCOCC3)CC2)C1[C@@H]1C[C@H](CO)CCC1S. The summed E-state index contributed by atoms with van der Waals surface area (Å²) in [5.74, 6) is 1.34. The first-order valence-electron chi connectivity index (χ1n) is 11.8. The molecule has 0 aromatic rings. The van der Waals surface area contributed by atoms with Crippen LogP contribution in [0.25, 0.3) is 0 Å². The van der Waals surface area contributed by atoms with Crippen LogP contribution in [-0.2, 0) is 4.74 Å². The highest BCUT2D eigenvalue weighted by molar-refractivity contribution is 7.81. The number of hydrogen-bond donors (Lipinski definition) is 4. The third-order valence-corrected chi connectivity index (χ3v) is 8.54. The number of aliphatic hydroxyl groups excluding tert-OH is 1. The van der Waals surface area contributed by atoms with Crippen molar-refractivity contribution in [1.29, 1.82) is 0 Å². The number of thiol groups is 1. The van der Waals surface area contributed by atoms with Gasteiger partial charge in [0.2, 0.25) is 0 Å². The normalized spacial score (nSPS) is 44.4. The van der Waals surface area contributed by atoms with Crippen molar-refractivity contribution < 1.29 is 9.84 Å². The Balaban J connectivity index is 1.35. The van der Waals surface area contributed by atoms with E-state index in [9.17, 15) is 5.11 Å². The molecule has 2 saturated carbocycles. The van der Waals surface area contributed by atoms with E-state index in [1.165, 1.54) is 25.7 Å². The van der Waals surface area contributed by atoms with Crippen LogP contribution < -0.4 is 10.6 Å². The first kappa shape index (κ1) is 21.9. The molecule has 0 bridgehead atoms. The first-order chi connectivity index (χ1) is 14.2. The topological polar surface area (TPSA) is 69.1 Å². The Morgan fingerprint density at radius 1 is 1.17 bits per heavy atom. The van der Waals surface area contributed by atoms with Crippen molar-refractivity contribution in [1.82, 2.24) is 15.5 Å². The van der Waals surface area contributed by atoms with Crippen LogP contribution in [0.15, 0.2) is 4.99 Å². The Labute approximate surface area is 181 Å². The first-order valence-corrected chi connectivity index (χ1v) is 12.3. The maximum atomic E-state index is 9.72. The monoisotopic (exact) mass is 424 g/mol. The van der Waals surface area contributed by atoms with Crippen molar-refractivity contribution in [3.05, 3.63) is 0 Å². The zero-order chi connectivity index (χ0) is 20.2. The lowest BCUT2D eigenvalue weighted by Crippen LogP contribution is -2.57. The molecule has 7 heteroatoms. The highest BCUT2D eigenvalue weighted by Gasteiger charge is 2.42. The number of aliphatic imine (C=N–C) groups is 1. The van der Waals surface area contributed by atoms with Crippen LogP contribution in [0.2, 0.25) is 0 Å². The molecule has 6 atom stereocenters. The minimum Gasteiger partial charge on any atom is -0.396 e. The summed E-state index contributed by atoms with van der Waals surface area (Å²) in [7, 11) is 0. The van der Waals surface area contributed by atoms with Crippen LogP contribution in [0, 0.1) is 17.8 Å². The molecule has 29 heavy (non-hydrogen) atoms. The summed E-state index contributed by atoms with van der Waals surface area (Å²) in [6.07, 6.45) is 10.3. The lowest BCUT2D eigenvalue weighted by atomic mass is 9.71. The maximum absolute atomic E-state index is 9.72. The fourth-order valence-electron chi connectivity index (χ4n) is 6.14. The molecule has 6 nitrogen and oxygen atoms in total. The van der Waals surface area contributed by atoms with Crippen molar-refractivity contribution in [3.8, 4) is 0 Å². The van der Waals surface area contributed by atoms with Gasteiger partial charge in [-0.2, -0.15) is 12.6 Å². The Morgan fingerprint density at radius 2 is 1.93 bits per heavy atom. The van der Waals surface area contributed by atoms with Crippen molar-refractivity contribution in [2.75, 3.05) is 32.9 Å². The Morgan fingerprint density at radius 3 is 2.66 bits per heavy atom. The molecule has 4 unspecified atom stereocenters. The minimum atomic E-state index is 0.160. The largest absolute Gasteiger partial charge is 0.396 e. The second-order valence-electron chi connectivity index (χ2n) is 9.67. The molecule has 166 valence electrons. The average molecular weight is 425 g/mol. The number of aliphatic hydroxyl groups is 1. The second kappa shape index (κ2) is 10.3. The number of morpholine rings is 1. The van der Waals surface area contributed by atoms with Gasteiger partial charge in [-0.1, -0.05) is 0 Å². The molecule has 2 aliphatic carbocycles. The van der Waals surface area contributed by atoms with Gasteiger partial charge in [0, 0.05) is 49.0 Å². The van der Waals surface area contributed by atoms with E-state index in [4.69, 9.17) is 22.4 Å². The molecule has 2 heterocycles. The molecule has 4 rings (SSSR count). The lowest BCUT2D eigenvalue weighted by Gasteiger charge is -2.46. The molecule has 4 aliphatic rings. The highest BCUT2D eigenvalue weighted by Crippen LogP contribution is 2.40. The van der Waals surface area contributed by atoms with E-state index in [1.807, 2.05) is 6.34 Å². The summed E-state index contributed by atoms with van der Waals surface area (Å²) in [5, 5.41) is 17.5. The van der Waals surface area contributed by atoms with Crippen LogP contribution in [0.3, 0.4) is 0 Å². The van der Waals surface area contributed by atoms with Crippen molar-refractivity contribution in [2.45, 2.75) is 81.4 Å². The number of nitrogens with zero attached hydrogens (tertiary/aromatic N) is 2. The maximum Gasteiger partial charge on any atom is 0.106 e. The number of ether oxygens (including phenoxy) is 1. The number of hydrogen-bond acceptors (Lipinski definition) is 7. The van der Waals surface area contributed by atoms with E-state index in [-0.39, 0.29) is 6.17 Å². The summed E-state index contributed by atoms with van der Waals surface area (Å²) < 4.78 is 5.52. The summed E-state index contributed by atoms with van der Waals surface area (Å²) in [6, 6.07) is 1.67. The Hall–Kier alpha value is -0.340. The number of rotatable bonds is 5. The summed E-state index contributed by atoms with van der Waals surface area (Å²) in [5.41, 5.74) is 0. The van der Waals surface area contributed by atoms with Crippen LogP contribution in [0.4, 0.5) is 0 Å². The quantitative estimate of drug-likeness (QED) is 0.508. The van der Waals surface area contributed by atoms with Crippen molar-refractivity contribution in [2.24, 2.45) is 22.7 Å². The van der Waals surface area contributed by atoms with Gasteiger partial charge in [0.05, 0.1) is 19.6 Å². The molecule has 1 saturated heterocycles. The van der Waals surface area contributed by atoms with Crippen LogP contribution in [0.1, 0.15) is 51.9 Å². The van der Waals surface area contributed by atoms with Crippen LogP contribution in [0.5, 0.6) is 0 Å². The zero-order valence-electron chi connectivity index (χ0n) is 17.9. The molecule has 2 aliphatic heterocycles. The standard InChI is InChI=1S/C22H40N4O2S/c1-15-21(19-12-16(13-27)2-7-20(19)29)22(24-14-23-15)25-17-3-5-18(6-4-17)26-8-10-28-11-9-26/h14-22,25,27,29H,2-13H2,1H3,(H,23,24)/t15?,16-,17-,18-,19-,20?,21?,22?/m1/s1. The lowest BCUT2D eigenvalue weighted by molar-refractivity contribution is 0.00559. The van der Waals surface area contributed by atoms with E-state index in [0.29, 0.717) is 41.7 Å². The van der Waals surface area contributed by atoms with Gasteiger partial charge in [-0.15, -0.1) is 0 Å². The summed E-state index contributed by atoms with van der Waals surface area (Å²) in [4.78, 5) is 7.49. The zero-order valence-corrected chi connectivity index (χ0v) is 18.8. The van der Waals surface area contributed by atoms with Gasteiger partial charge in [-0.05, 0) is 63.7 Å². The highest BCUT2D eigenvalue weighted by atomic mass is 32.1. The second-order valence-corrected chi connectivity index (χ2v) is 10.3. The van der Waals surface area contributed by atoms with Gasteiger partial charge >= 0.3 is 0 Å². The molecular weight excluding hydrogens is 384 g/mol. The van der Waals surface area contributed by atoms with Crippen molar-refractivity contribution >= 4 is 19.0 Å². The molecule has 0 aromatic carbocycles. The van der Waals surface area contributed by atoms with Crippen LogP contribution in [-0.4, -0.2) is 78.8 Å². The van der Waals surface area contributed by atoms with Gasteiger partial charge in [0.25, 0.3) is 0 Å². The fourth-order valence-corrected chi connectivity index (χ4v) is 6.61. The molecule has 0 amide bonds. The molecule has 3 fully saturated rings. The van der Waals surface area contributed by atoms with E-state index in [1.54, 1.807) is 0 Å².